The Morgan fingerprint density at radius 3 is 3.00 bits per heavy atom. The predicted octanol–water partition coefficient (Wildman–Crippen LogP) is 1.10. The molecule has 0 aliphatic carbocycles. The largest absolute Gasteiger partial charge is 0.252 e. The van der Waals surface area contributed by atoms with Crippen LogP contribution in [-0.2, 0) is 0 Å². The van der Waals surface area contributed by atoms with Gasteiger partial charge in [0.15, 0.2) is 0 Å². The van der Waals surface area contributed by atoms with Crippen LogP contribution in [0.2, 0.25) is 0 Å². The summed E-state index contributed by atoms with van der Waals surface area (Å²) >= 11 is 0. The molecule has 3 nitrogen and oxygen atoms in total. The normalized spacial score (nSPS) is 20.4. The fourth-order valence-corrected chi connectivity index (χ4v) is 1.02. The third-order valence-electron chi connectivity index (χ3n) is 1.55. The quantitative estimate of drug-likeness (QED) is 0.511. The third-order valence-corrected chi connectivity index (χ3v) is 1.55. The van der Waals surface area contributed by atoms with Crippen molar-refractivity contribution in [3.63, 3.8) is 0 Å². The van der Waals surface area contributed by atoms with Gasteiger partial charge in [0.1, 0.15) is 0 Å². The molecule has 0 amide bonds. The summed E-state index contributed by atoms with van der Waals surface area (Å²) in [5.74, 6) is 0. The van der Waals surface area contributed by atoms with Gasteiger partial charge in [0.05, 0.1) is 12.8 Å². The minimum Gasteiger partial charge on any atom is -0.252 e. The smallest absolute Gasteiger partial charge is 0.0774 e. The van der Waals surface area contributed by atoms with Crippen LogP contribution in [0, 0.1) is 0 Å². The summed E-state index contributed by atoms with van der Waals surface area (Å²) in [6, 6.07) is 0. The second kappa shape index (κ2) is 2.62. The van der Waals surface area contributed by atoms with E-state index in [0.717, 1.165) is 6.54 Å². The van der Waals surface area contributed by atoms with Crippen LogP contribution in [0.5, 0.6) is 0 Å². The van der Waals surface area contributed by atoms with Crippen molar-refractivity contribution in [3.05, 3.63) is 36.7 Å². The van der Waals surface area contributed by atoms with Crippen molar-refractivity contribution >= 4 is 6.21 Å². The molecule has 2 heterocycles. The molecule has 11 heavy (non-hydrogen) atoms. The van der Waals surface area contributed by atoms with Gasteiger partial charge in [0.25, 0.3) is 0 Å². The van der Waals surface area contributed by atoms with E-state index in [4.69, 9.17) is 0 Å². The topological polar surface area (TPSA) is 18.8 Å². The molecule has 0 N–H and O–H groups in total. The summed E-state index contributed by atoms with van der Waals surface area (Å²) in [4.78, 5) is 0. The molecule has 2 aliphatic rings. The Hall–Kier alpha value is -1.51. The van der Waals surface area contributed by atoms with Gasteiger partial charge in [-0.25, -0.2) is 0 Å². The van der Waals surface area contributed by atoms with Gasteiger partial charge in [-0.15, -0.1) is 0 Å². The monoisotopic (exact) mass is 147 g/mol. The summed E-state index contributed by atoms with van der Waals surface area (Å²) in [6.07, 6.45) is 13.7. The fourth-order valence-electron chi connectivity index (χ4n) is 1.02. The number of rotatable bonds is 0. The van der Waals surface area contributed by atoms with E-state index in [0.29, 0.717) is 0 Å². The van der Waals surface area contributed by atoms with Crippen LogP contribution in [0.3, 0.4) is 0 Å². The lowest BCUT2D eigenvalue weighted by molar-refractivity contribution is 0.0875. The fraction of sp³-hybridized carbons (Fsp3) is 0.125. The van der Waals surface area contributed by atoms with Gasteiger partial charge in [-0.05, 0) is 12.2 Å². The standard InChI is InChI=1S/C8H9N3/c1-2-6-10-7-4-5-9-11(10)8-3-1/h1-7H,8H2. The van der Waals surface area contributed by atoms with Crippen molar-refractivity contribution in [2.75, 3.05) is 6.54 Å². The van der Waals surface area contributed by atoms with Crippen LogP contribution in [-0.4, -0.2) is 22.9 Å². The first kappa shape index (κ1) is 6.22. The summed E-state index contributed by atoms with van der Waals surface area (Å²) in [5, 5.41) is 7.98. The number of hydrazine groups is 1. The Labute approximate surface area is 65.6 Å². The van der Waals surface area contributed by atoms with Crippen molar-refractivity contribution < 1.29 is 0 Å². The van der Waals surface area contributed by atoms with Crippen LogP contribution in [0.1, 0.15) is 0 Å². The zero-order valence-corrected chi connectivity index (χ0v) is 6.09. The van der Waals surface area contributed by atoms with E-state index in [1.807, 2.05) is 40.8 Å². The van der Waals surface area contributed by atoms with Gasteiger partial charge < -0.3 is 0 Å². The Balaban J connectivity index is 2.23. The Kier molecular flexibility index (Phi) is 1.48. The molecule has 0 spiro atoms. The highest BCUT2D eigenvalue weighted by atomic mass is 15.8. The van der Waals surface area contributed by atoms with E-state index in [-0.39, 0.29) is 0 Å². The average molecular weight is 147 g/mol. The molecule has 0 aromatic carbocycles. The summed E-state index contributed by atoms with van der Waals surface area (Å²) in [7, 11) is 0. The van der Waals surface area contributed by atoms with E-state index in [1.54, 1.807) is 6.21 Å². The molecule has 0 bridgehead atoms. The number of nitrogens with zero attached hydrogens (tertiary/aromatic N) is 3. The molecule has 0 unspecified atom stereocenters. The molecule has 2 aliphatic heterocycles. The Morgan fingerprint density at radius 2 is 2.00 bits per heavy atom. The summed E-state index contributed by atoms with van der Waals surface area (Å²) < 4.78 is 0. The van der Waals surface area contributed by atoms with Gasteiger partial charge in [-0.2, -0.15) is 10.2 Å². The van der Waals surface area contributed by atoms with E-state index in [9.17, 15) is 0 Å². The highest BCUT2D eigenvalue weighted by Crippen LogP contribution is 2.07. The van der Waals surface area contributed by atoms with Gasteiger partial charge in [0, 0.05) is 12.4 Å². The molecule has 3 heteroatoms. The van der Waals surface area contributed by atoms with Crippen LogP contribution < -0.4 is 0 Å². The van der Waals surface area contributed by atoms with Gasteiger partial charge in [0.2, 0.25) is 0 Å². The lowest BCUT2D eigenvalue weighted by Gasteiger charge is -2.28. The van der Waals surface area contributed by atoms with Gasteiger partial charge in [-0.1, -0.05) is 12.2 Å². The second-order valence-electron chi connectivity index (χ2n) is 2.31. The minimum absolute atomic E-state index is 0.827. The molecule has 0 aromatic rings. The summed E-state index contributed by atoms with van der Waals surface area (Å²) in [5.41, 5.74) is 0. The lowest BCUT2D eigenvalue weighted by Crippen LogP contribution is -2.31. The van der Waals surface area contributed by atoms with Gasteiger partial charge in [-0.3, -0.25) is 5.01 Å². The van der Waals surface area contributed by atoms with Crippen LogP contribution >= 0.6 is 0 Å². The maximum absolute atomic E-state index is 4.16. The second-order valence-corrected chi connectivity index (χ2v) is 2.31. The van der Waals surface area contributed by atoms with Crippen LogP contribution in [0.15, 0.2) is 41.8 Å². The molecule has 0 atom stereocenters. The molecule has 0 saturated carbocycles. The molecule has 2 rings (SSSR count). The van der Waals surface area contributed by atoms with Gasteiger partial charge >= 0.3 is 0 Å². The molecule has 0 radical (unpaired) electrons. The predicted molar refractivity (Wildman–Crippen MR) is 44.5 cm³/mol. The van der Waals surface area contributed by atoms with Crippen molar-refractivity contribution in [1.82, 2.24) is 10.1 Å². The highest BCUT2D eigenvalue weighted by molar-refractivity contribution is 5.71. The number of hydrogen-bond acceptors (Lipinski definition) is 3. The molecule has 0 aromatic heterocycles. The first-order valence-corrected chi connectivity index (χ1v) is 3.57. The first-order chi connectivity index (χ1) is 5.47. The summed E-state index contributed by atoms with van der Waals surface area (Å²) in [6.45, 7) is 0.827. The maximum Gasteiger partial charge on any atom is 0.0774 e. The Bertz CT molecular complexity index is 250. The number of fused-ring (bicyclic) bond motifs is 1. The van der Waals surface area contributed by atoms with E-state index < -0.39 is 0 Å². The molecular weight excluding hydrogens is 138 g/mol. The molecule has 56 valence electrons. The van der Waals surface area contributed by atoms with Crippen molar-refractivity contribution in [1.29, 1.82) is 0 Å². The van der Waals surface area contributed by atoms with E-state index in [2.05, 4.69) is 11.2 Å². The molecular formula is C8H9N3. The zero-order valence-electron chi connectivity index (χ0n) is 6.09. The lowest BCUT2D eigenvalue weighted by atomic mass is 10.5. The van der Waals surface area contributed by atoms with Crippen LogP contribution in [0.4, 0.5) is 0 Å². The number of allylic oxidation sites excluding steroid dienone is 3. The SMILES string of the molecule is C1=CCN2N=CC=CN2C=C1. The van der Waals surface area contributed by atoms with Crippen molar-refractivity contribution in [2.24, 2.45) is 5.10 Å². The third kappa shape index (κ3) is 1.17. The Morgan fingerprint density at radius 1 is 1.09 bits per heavy atom. The maximum atomic E-state index is 4.16. The van der Waals surface area contributed by atoms with E-state index >= 15 is 0 Å². The van der Waals surface area contributed by atoms with Crippen molar-refractivity contribution in [2.45, 2.75) is 0 Å². The minimum atomic E-state index is 0.827. The number of hydrogen-bond donors (Lipinski definition) is 0. The number of hydrazone groups is 1. The molecule has 0 saturated heterocycles. The first-order valence-electron chi connectivity index (χ1n) is 3.57. The van der Waals surface area contributed by atoms with Crippen molar-refractivity contribution in [3.8, 4) is 0 Å². The highest BCUT2D eigenvalue weighted by Gasteiger charge is 2.07. The average Bonchev–Trinajstić information content (AvgIpc) is 2.28. The van der Waals surface area contributed by atoms with Crippen LogP contribution in [0.25, 0.3) is 0 Å². The zero-order chi connectivity index (χ0) is 7.52. The van der Waals surface area contributed by atoms with E-state index in [1.165, 1.54) is 0 Å². The molecule has 0 fully saturated rings.